The lowest BCUT2D eigenvalue weighted by Crippen LogP contribution is -2.34. The third kappa shape index (κ3) is 34.1. The summed E-state index contributed by atoms with van der Waals surface area (Å²) in [4.78, 5) is 26.6. The van der Waals surface area contributed by atoms with Crippen molar-refractivity contribution in [3.63, 3.8) is 0 Å². The van der Waals surface area contributed by atoms with Gasteiger partial charge in [-0.3, -0.25) is 9.59 Å². The fourth-order valence-electron chi connectivity index (χ4n) is 6.57. The Morgan fingerprint density at radius 3 is 0.867 bits per heavy atom. The predicted octanol–water partition coefficient (Wildman–Crippen LogP) is 12.9. The van der Waals surface area contributed by atoms with Crippen molar-refractivity contribution in [2.75, 3.05) is 20.1 Å². The van der Waals surface area contributed by atoms with E-state index in [2.05, 4.69) is 24.1 Å². The summed E-state index contributed by atoms with van der Waals surface area (Å²) in [6.07, 6.45) is 44.4. The first-order valence-electron chi connectivity index (χ1n) is 20.6. The van der Waals surface area contributed by atoms with Gasteiger partial charge in [0.05, 0.1) is 0 Å². The Balaban J connectivity index is 3.83. The van der Waals surface area contributed by atoms with E-state index < -0.39 is 0 Å². The smallest absolute Gasteiger partial charge is 0.223 e. The number of nitrogens with one attached hydrogen (secondary N) is 1. The zero-order valence-corrected chi connectivity index (χ0v) is 31.2. The molecule has 0 aromatic heterocycles. The molecule has 0 spiro atoms. The van der Waals surface area contributed by atoms with E-state index in [4.69, 9.17) is 0 Å². The van der Waals surface area contributed by atoms with Gasteiger partial charge in [-0.15, -0.1) is 0 Å². The minimum Gasteiger partial charge on any atom is -0.359 e. The minimum atomic E-state index is -0.0342. The van der Waals surface area contributed by atoms with Crippen LogP contribution in [0.2, 0.25) is 0 Å². The van der Waals surface area contributed by atoms with E-state index in [0.717, 1.165) is 25.9 Å². The van der Waals surface area contributed by atoms with Gasteiger partial charge in [-0.25, -0.2) is 0 Å². The van der Waals surface area contributed by atoms with Crippen LogP contribution in [0.25, 0.3) is 0 Å². The Kier molecular flexibility index (Phi) is 36.5. The van der Waals surface area contributed by atoms with E-state index in [0.29, 0.717) is 12.8 Å². The highest BCUT2D eigenvalue weighted by Gasteiger charge is 2.14. The summed E-state index contributed by atoms with van der Waals surface area (Å²) >= 11 is 0. The van der Waals surface area contributed by atoms with Crippen LogP contribution in [0.3, 0.4) is 0 Å². The average Bonchev–Trinajstić information content (AvgIpc) is 3.05. The maximum Gasteiger partial charge on any atom is 0.223 e. The van der Waals surface area contributed by atoms with Crippen LogP contribution in [0.1, 0.15) is 232 Å². The van der Waals surface area contributed by atoms with E-state index in [-0.39, 0.29) is 11.8 Å². The molecule has 0 aliphatic heterocycles. The molecule has 0 aliphatic rings. The van der Waals surface area contributed by atoms with Crippen molar-refractivity contribution in [2.45, 2.75) is 232 Å². The molecule has 0 radical (unpaired) electrons. The Morgan fingerprint density at radius 1 is 0.378 bits per heavy atom. The van der Waals surface area contributed by atoms with E-state index in [1.165, 1.54) is 193 Å². The van der Waals surface area contributed by atoms with Gasteiger partial charge in [-0.05, 0) is 12.8 Å². The van der Waals surface area contributed by atoms with Crippen LogP contribution in [0.4, 0.5) is 0 Å². The molecule has 0 aromatic rings. The molecule has 45 heavy (non-hydrogen) atoms. The molecule has 1 N–H and O–H groups in total. The van der Waals surface area contributed by atoms with Crippen LogP contribution >= 0.6 is 0 Å². The summed E-state index contributed by atoms with van der Waals surface area (Å²) < 4.78 is 0. The van der Waals surface area contributed by atoms with Gasteiger partial charge in [0.25, 0.3) is 0 Å². The first kappa shape index (κ1) is 43.9. The van der Waals surface area contributed by atoms with Crippen LogP contribution < -0.4 is 5.32 Å². The van der Waals surface area contributed by atoms with Gasteiger partial charge in [0.15, 0.2) is 0 Å². The second kappa shape index (κ2) is 37.4. The number of nitrogens with zero attached hydrogens (tertiary/aromatic N) is 1. The number of unbranched alkanes of at least 4 members (excludes halogenated alkanes) is 30. The molecule has 0 aliphatic carbocycles. The monoisotopic (exact) mass is 635 g/mol. The zero-order valence-electron chi connectivity index (χ0n) is 31.2. The third-order valence-electron chi connectivity index (χ3n) is 9.76. The number of amides is 2. The molecule has 0 bridgehead atoms. The van der Waals surface area contributed by atoms with Crippen molar-refractivity contribution in [2.24, 2.45) is 0 Å². The minimum absolute atomic E-state index is 0.0342. The summed E-state index contributed by atoms with van der Waals surface area (Å²) in [5.41, 5.74) is 0. The van der Waals surface area contributed by atoms with E-state index in [1.54, 1.807) is 7.05 Å². The molecule has 0 fully saturated rings. The van der Waals surface area contributed by atoms with Crippen LogP contribution in [-0.4, -0.2) is 36.9 Å². The maximum atomic E-state index is 12.9. The lowest BCUT2D eigenvalue weighted by atomic mass is 10.0. The lowest BCUT2D eigenvalue weighted by molar-refractivity contribution is -0.133. The molecule has 4 heteroatoms. The van der Waals surface area contributed by atoms with Crippen LogP contribution in [0, 0.1) is 0 Å². The number of carbonyl (C=O) groups excluding carboxylic acids is 2. The molecular formula is C41H82N2O2. The second-order valence-electron chi connectivity index (χ2n) is 14.2. The van der Waals surface area contributed by atoms with Gasteiger partial charge in [-0.1, -0.05) is 206 Å². The van der Waals surface area contributed by atoms with Crippen molar-refractivity contribution in [1.82, 2.24) is 10.2 Å². The zero-order chi connectivity index (χ0) is 32.9. The van der Waals surface area contributed by atoms with Crippen LogP contribution in [0.15, 0.2) is 0 Å². The Bertz CT molecular complexity index is 572. The van der Waals surface area contributed by atoms with Gasteiger partial charge in [0, 0.05) is 33.0 Å². The molecule has 0 heterocycles. The highest BCUT2D eigenvalue weighted by Crippen LogP contribution is 2.16. The van der Waals surface area contributed by atoms with Gasteiger partial charge >= 0.3 is 0 Å². The SMILES string of the molecule is CCCCCCCCCCCCCCCCCCN(CCCCCCCCCCCCCCCCCC)C(=O)CCC(=O)NC. The highest BCUT2D eigenvalue weighted by atomic mass is 16.2. The Morgan fingerprint density at radius 2 is 0.622 bits per heavy atom. The molecule has 0 unspecified atom stereocenters. The quantitative estimate of drug-likeness (QED) is 0.0691. The molecule has 0 saturated carbocycles. The van der Waals surface area contributed by atoms with Crippen molar-refractivity contribution >= 4 is 11.8 Å². The average molecular weight is 635 g/mol. The van der Waals surface area contributed by atoms with Crippen LogP contribution in [0.5, 0.6) is 0 Å². The standard InChI is InChI=1S/C41H82N2O2/c1-4-6-8-10-12-14-16-18-20-22-24-26-28-30-32-34-38-43(41(45)37-36-40(44)42-3)39-35-33-31-29-27-25-23-21-19-17-15-13-11-9-7-5-2/h4-39H2,1-3H3,(H,42,44). The molecule has 268 valence electrons. The highest BCUT2D eigenvalue weighted by molar-refractivity contribution is 5.83. The lowest BCUT2D eigenvalue weighted by Gasteiger charge is -2.23. The molecule has 2 amide bonds. The van der Waals surface area contributed by atoms with Gasteiger partial charge < -0.3 is 10.2 Å². The first-order chi connectivity index (χ1) is 22.2. The number of hydrogen-bond donors (Lipinski definition) is 1. The normalized spacial score (nSPS) is 11.3. The molecule has 4 nitrogen and oxygen atoms in total. The third-order valence-corrected chi connectivity index (χ3v) is 9.76. The maximum absolute atomic E-state index is 12.9. The predicted molar refractivity (Wildman–Crippen MR) is 199 cm³/mol. The van der Waals surface area contributed by atoms with Crippen LogP contribution in [-0.2, 0) is 9.59 Å². The number of rotatable bonds is 37. The van der Waals surface area contributed by atoms with Gasteiger partial charge in [0.1, 0.15) is 0 Å². The Hall–Kier alpha value is -1.06. The molecule has 0 atom stereocenters. The van der Waals surface area contributed by atoms with Crippen molar-refractivity contribution in [1.29, 1.82) is 0 Å². The fraction of sp³-hybridized carbons (Fsp3) is 0.951. The topological polar surface area (TPSA) is 49.4 Å². The van der Waals surface area contributed by atoms with Crippen molar-refractivity contribution in [3.8, 4) is 0 Å². The van der Waals surface area contributed by atoms with E-state index in [9.17, 15) is 9.59 Å². The van der Waals surface area contributed by atoms with E-state index in [1.807, 2.05) is 0 Å². The summed E-state index contributed by atoms with van der Waals surface area (Å²) in [6.45, 7) is 6.31. The molecular weight excluding hydrogens is 552 g/mol. The molecule has 0 rings (SSSR count). The van der Waals surface area contributed by atoms with Gasteiger partial charge in [0.2, 0.25) is 11.8 Å². The Labute approximate surface area is 283 Å². The molecule has 0 saturated heterocycles. The molecule has 0 aromatic carbocycles. The summed E-state index contributed by atoms with van der Waals surface area (Å²) in [7, 11) is 1.65. The summed E-state index contributed by atoms with van der Waals surface area (Å²) in [6, 6.07) is 0. The largest absolute Gasteiger partial charge is 0.359 e. The van der Waals surface area contributed by atoms with Crippen molar-refractivity contribution in [3.05, 3.63) is 0 Å². The van der Waals surface area contributed by atoms with E-state index >= 15 is 0 Å². The first-order valence-corrected chi connectivity index (χ1v) is 20.6. The summed E-state index contributed by atoms with van der Waals surface area (Å²) in [5, 5.41) is 2.65. The number of carbonyl (C=O) groups is 2. The summed E-state index contributed by atoms with van der Waals surface area (Å²) in [5.74, 6) is 0.133. The van der Waals surface area contributed by atoms with Gasteiger partial charge in [-0.2, -0.15) is 0 Å². The van der Waals surface area contributed by atoms with Crippen molar-refractivity contribution < 1.29 is 9.59 Å². The number of hydrogen-bond acceptors (Lipinski definition) is 2. The second-order valence-corrected chi connectivity index (χ2v) is 14.2. The fourth-order valence-corrected chi connectivity index (χ4v) is 6.57.